The van der Waals surface area contributed by atoms with Crippen molar-refractivity contribution in [1.82, 2.24) is 0 Å². The molecule has 0 saturated heterocycles. The van der Waals surface area contributed by atoms with Gasteiger partial charge in [0.25, 0.3) is 0 Å². The van der Waals surface area contributed by atoms with Crippen LogP contribution in [0.2, 0.25) is 13.1 Å². The summed E-state index contributed by atoms with van der Waals surface area (Å²) < 4.78 is 19.5. The average molecular weight is 382 g/mol. The number of aryl methyl sites for hydroxylation is 1. The van der Waals surface area contributed by atoms with Crippen LogP contribution in [-0.4, -0.2) is 6.66 Å². The van der Waals surface area contributed by atoms with E-state index in [0.717, 1.165) is 16.7 Å². The fraction of sp³-hybridized carbons (Fsp3) is 0.200. The maximum Gasteiger partial charge on any atom is -0.147 e. The van der Waals surface area contributed by atoms with Crippen molar-refractivity contribution < 1.29 is 24.5 Å². The molecule has 0 atom stereocenters. The van der Waals surface area contributed by atoms with Crippen LogP contribution in [0.15, 0.2) is 48.5 Å². The Kier molecular flexibility index (Phi) is 9.50. The van der Waals surface area contributed by atoms with Crippen LogP contribution in [0.5, 0.6) is 5.75 Å². The molecule has 0 radical (unpaired) electrons. The van der Waals surface area contributed by atoms with Gasteiger partial charge in [-0.15, -0.1) is 24.8 Å². The van der Waals surface area contributed by atoms with Crippen molar-refractivity contribution in [2.24, 2.45) is 0 Å². The molecule has 2 rings (SSSR count). The molecule has 0 aliphatic heterocycles. The summed E-state index contributed by atoms with van der Waals surface area (Å²) in [6, 6.07) is 16.1. The molecule has 6 heteroatoms. The Morgan fingerprint density at radius 3 is 2.14 bits per heavy atom. The van der Waals surface area contributed by atoms with E-state index in [1.54, 1.807) is 0 Å². The molecule has 2 aromatic rings. The first-order valence-electron chi connectivity index (χ1n) is 6.43. The van der Waals surface area contributed by atoms with Crippen molar-refractivity contribution in [2.45, 2.75) is 20.0 Å². The molecule has 0 aliphatic carbocycles. The molecule has 0 heterocycles. The standard InChI is InChI=1S/C13H12O.C2H7Si.2ClH.FH.Ti/c1-10-7-12(9-13(14)8-10)11-5-3-2-4-6-11;1-3-2;;;;/h2-9,14H,1H3;3H,1-2H3;3*1H;/q;;;;;+2/p-2. The largest absolute Gasteiger partial charge is 0.147 e. The first-order valence-corrected chi connectivity index (χ1v) is 13.3. The third-order valence-corrected chi connectivity index (χ3v) is 9.15. The summed E-state index contributed by atoms with van der Waals surface area (Å²) in [4.78, 5) is 0. The van der Waals surface area contributed by atoms with Crippen LogP contribution < -0.4 is 3.32 Å². The van der Waals surface area contributed by atoms with Gasteiger partial charge >= 0.3 is 122 Å². The minimum atomic E-state index is -2.77. The van der Waals surface area contributed by atoms with E-state index in [1.807, 2.05) is 50.3 Å². The van der Waals surface area contributed by atoms with Gasteiger partial charge in [-0.3, -0.25) is 0 Å². The van der Waals surface area contributed by atoms with Crippen molar-refractivity contribution in [2.75, 3.05) is 0 Å². The Balaban J connectivity index is 0.00000200. The number of rotatable bonds is 4. The Morgan fingerprint density at radius 2 is 1.57 bits per heavy atom. The van der Waals surface area contributed by atoms with Crippen molar-refractivity contribution in [3.05, 3.63) is 54.1 Å². The summed E-state index contributed by atoms with van der Waals surface area (Å²) in [6.07, 6.45) is 0. The molecule has 1 nitrogen and oxygen atoms in total. The first kappa shape index (κ1) is 20.7. The second-order valence-corrected chi connectivity index (χ2v) is 15.8. The topological polar surface area (TPSA) is 9.23 Å². The van der Waals surface area contributed by atoms with Gasteiger partial charge < -0.3 is 0 Å². The normalized spacial score (nSPS) is 9.57. The number of benzene rings is 2. The Hall–Kier alpha value is -0.319. The molecule has 0 unspecified atom stereocenters. The van der Waals surface area contributed by atoms with E-state index in [1.165, 1.54) is 0 Å². The maximum absolute atomic E-state index is 13.9. The molecule has 0 N–H and O–H groups in total. The molecule has 0 spiro atoms. The zero-order valence-corrected chi connectivity index (χ0v) is 16.6. The number of hydrogen-bond acceptors (Lipinski definition) is 1. The van der Waals surface area contributed by atoms with E-state index in [2.05, 4.69) is 18.2 Å². The zero-order valence-electron chi connectivity index (χ0n) is 12.3. The smallest absolute Gasteiger partial charge is 0.147 e. The van der Waals surface area contributed by atoms with Crippen LogP contribution in [-0.2, 0) is 18.0 Å². The van der Waals surface area contributed by atoms with Crippen molar-refractivity contribution in [3.63, 3.8) is 0 Å². The molecule has 0 saturated carbocycles. The molecule has 0 fully saturated rings. The average Bonchev–Trinajstić information content (AvgIpc) is 2.39. The molecule has 2 aromatic carbocycles. The molecule has 0 aromatic heterocycles. The number of hydrogen-bond donors (Lipinski definition) is 0. The summed E-state index contributed by atoms with van der Waals surface area (Å²) >= 11 is -2.77. The SMILES string of the molecule is Cc1cc([O][Ti]([F])[SiH](C)C)cc(-c2ccccc2)c1.Cl.Cl. The molecule has 21 heavy (non-hydrogen) atoms. The molecule has 115 valence electrons. The van der Waals surface area contributed by atoms with E-state index in [0.29, 0.717) is 5.75 Å². The predicted molar refractivity (Wildman–Crippen MR) is 91.7 cm³/mol. The third kappa shape index (κ3) is 6.13. The molecular formula is C15H20Cl2FOSiTi. The minimum absolute atomic E-state index is 0. The van der Waals surface area contributed by atoms with Gasteiger partial charge in [0.05, 0.1) is 0 Å². The Morgan fingerprint density at radius 1 is 0.952 bits per heavy atom. The van der Waals surface area contributed by atoms with Crippen LogP contribution in [0.25, 0.3) is 11.1 Å². The van der Waals surface area contributed by atoms with E-state index in [4.69, 9.17) is 3.32 Å². The van der Waals surface area contributed by atoms with Gasteiger partial charge in [0.15, 0.2) is 0 Å². The van der Waals surface area contributed by atoms with Gasteiger partial charge in [-0.25, -0.2) is 0 Å². The maximum atomic E-state index is 13.9. The van der Waals surface area contributed by atoms with Crippen LogP contribution in [0.3, 0.4) is 0 Å². The van der Waals surface area contributed by atoms with Crippen molar-refractivity contribution in [1.29, 1.82) is 0 Å². The quantitative estimate of drug-likeness (QED) is 0.654. The van der Waals surface area contributed by atoms with Gasteiger partial charge in [-0.2, -0.15) is 0 Å². The third-order valence-electron chi connectivity index (χ3n) is 2.83. The van der Waals surface area contributed by atoms with E-state index in [9.17, 15) is 3.09 Å². The van der Waals surface area contributed by atoms with Gasteiger partial charge in [0.1, 0.15) is 0 Å². The van der Waals surface area contributed by atoms with Crippen LogP contribution in [0.4, 0.5) is 3.09 Å². The first-order chi connectivity index (χ1) is 9.06. The Labute approximate surface area is 146 Å². The van der Waals surface area contributed by atoms with Gasteiger partial charge in [0, 0.05) is 0 Å². The molecule has 0 amide bonds. The zero-order chi connectivity index (χ0) is 13.8. The summed E-state index contributed by atoms with van der Waals surface area (Å²) in [7, 11) is 0. The van der Waals surface area contributed by atoms with E-state index >= 15 is 0 Å². The fourth-order valence-corrected chi connectivity index (χ4v) is 4.27. The van der Waals surface area contributed by atoms with Crippen molar-refractivity contribution in [3.8, 4) is 16.9 Å². The summed E-state index contributed by atoms with van der Waals surface area (Å²) in [5.74, 6) is 0.692. The minimum Gasteiger partial charge on any atom is -0.147 e. The molecule has 0 aliphatic rings. The summed E-state index contributed by atoms with van der Waals surface area (Å²) in [6.45, 7) is 4.79. The Bertz CT molecular complexity index is 555. The van der Waals surface area contributed by atoms with Crippen LogP contribution in [0.1, 0.15) is 5.56 Å². The van der Waals surface area contributed by atoms with Crippen LogP contribution in [0, 0.1) is 6.92 Å². The second-order valence-electron chi connectivity index (χ2n) is 4.96. The fourth-order valence-electron chi connectivity index (χ4n) is 1.83. The van der Waals surface area contributed by atoms with E-state index < -0.39 is 24.7 Å². The molecular weight excluding hydrogens is 362 g/mol. The van der Waals surface area contributed by atoms with E-state index in [-0.39, 0.29) is 24.8 Å². The monoisotopic (exact) mass is 381 g/mol. The van der Waals surface area contributed by atoms with Crippen LogP contribution >= 0.6 is 24.8 Å². The van der Waals surface area contributed by atoms with Gasteiger partial charge in [0.2, 0.25) is 0 Å². The summed E-state index contributed by atoms with van der Waals surface area (Å²) in [5, 5.41) is 0. The molecule has 0 bridgehead atoms. The predicted octanol–water partition coefficient (Wildman–Crippen LogP) is 5.29. The number of halogens is 3. The second kappa shape index (κ2) is 9.65. The van der Waals surface area contributed by atoms with Crippen molar-refractivity contribution >= 4 is 31.5 Å². The van der Waals surface area contributed by atoms with Gasteiger partial charge in [-0.1, -0.05) is 0 Å². The van der Waals surface area contributed by atoms with Gasteiger partial charge in [-0.05, 0) is 0 Å². The summed E-state index contributed by atoms with van der Waals surface area (Å²) in [5.41, 5.74) is 3.33.